The molecule has 1 unspecified atom stereocenters. The number of carbonyl (C=O) groups is 3. The lowest BCUT2D eigenvalue weighted by molar-refractivity contribution is -0.142. The van der Waals surface area contributed by atoms with Crippen LogP contribution in [0.3, 0.4) is 0 Å². The summed E-state index contributed by atoms with van der Waals surface area (Å²) in [6, 6.07) is 11.4. The quantitative estimate of drug-likeness (QED) is 0.616. The van der Waals surface area contributed by atoms with E-state index in [-0.39, 0.29) is 43.0 Å². The van der Waals surface area contributed by atoms with Crippen LogP contribution in [0.25, 0.3) is 0 Å². The van der Waals surface area contributed by atoms with Gasteiger partial charge in [-0.25, -0.2) is 9.59 Å². The van der Waals surface area contributed by atoms with Crippen molar-refractivity contribution < 1.29 is 24.2 Å². The second kappa shape index (κ2) is 10.0. The van der Waals surface area contributed by atoms with Gasteiger partial charge in [-0.05, 0) is 29.3 Å². The van der Waals surface area contributed by atoms with E-state index in [4.69, 9.17) is 27.9 Å². The second-order valence-corrected chi connectivity index (χ2v) is 8.23. The van der Waals surface area contributed by atoms with Crippen LogP contribution in [-0.4, -0.2) is 53.1 Å². The summed E-state index contributed by atoms with van der Waals surface area (Å²) in [5.74, 6) is -1.60. The number of methoxy groups -OCH3 is 1. The standard InChI is InChI=1S/C22H22Cl2N2O5/c1-31-20(27)8-14-10-25(12-15-4-2-3-5-18(15)21(28)29)22(30)26(11-14)13-16-6-7-17(23)9-19(16)24/h2-7,9,14H,8,10-13H2,1H3,(H,28,29). The highest BCUT2D eigenvalue weighted by molar-refractivity contribution is 6.35. The molecule has 1 fully saturated rings. The zero-order valence-electron chi connectivity index (χ0n) is 16.9. The lowest BCUT2D eigenvalue weighted by Gasteiger charge is -2.40. The molecule has 0 radical (unpaired) electrons. The van der Waals surface area contributed by atoms with Crippen molar-refractivity contribution in [1.29, 1.82) is 0 Å². The number of carboxylic acids is 1. The van der Waals surface area contributed by atoms with Crippen LogP contribution in [0.15, 0.2) is 42.5 Å². The van der Waals surface area contributed by atoms with Crippen molar-refractivity contribution in [2.24, 2.45) is 5.92 Å². The Bertz CT molecular complexity index is 998. The first kappa shape index (κ1) is 22.9. The summed E-state index contributed by atoms with van der Waals surface area (Å²) in [7, 11) is 1.32. The lowest BCUT2D eigenvalue weighted by atomic mass is 10.00. The van der Waals surface area contributed by atoms with Crippen LogP contribution in [0.1, 0.15) is 27.9 Å². The summed E-state index contributed by atoms with van der Waals surface area (Å²) in [6.07, 6.45) is 0.145. The summed E-state index contributed by atoms with van der Waals surface area (Å²) in [5, 5.41) is 10.4. The molecule has 0 spiro atoms. The average Bonchev–Trinajstić information content (AvgIpc) is 2.73. The van der Waals surface area contributed by atoms with Crippen molar-refractivity contribution in [3.63, 3.8) is 0 Å². The van der Waals surface area contributed by atoms with E-state index < -0.39 is 5.97 Å². The van der Waals surface area contributed by atoms with Crippen LogP contribution in [0, 0.1) is 5.92 Å². The average molecular weight is 465 g/mol. The maximum atomic E-state index is 13.2. The molecular weight excluding hydrogens is 443 g/mol. The minimum atomic E-state index is -1.06. The van der Waals surface area contributed by atoms with Crippen LogP contribution in [0.4, 0.5) is 4.79 Å². The highest BCUT2D eigenvalue weighted by Gasteiger charge is 2.34. The minimum Gasteiger partial charge on any atom is -0.478 e. The van der Waals surface area contributed by atoms with Crippen LogP contribution in [-0.2, 0) is 22.6 Å². The number of hydrogen-bond donors (Lipinski definition) is 1. The number of nitrogens with zero attached hydrogens (tertiary/aromatic N) is 2. The van der Waals surface area contributed by atoms with Gasteiger partial charge >= 0.3 is 18.0 Å². The molecule has 0 bridgehead atoms. The first-order valence-corrected chi connectivity index (χ1v) is 10.4. The van der Waals surface area contributed by atoms with E-state index in [0.717, 1.165) is 5.56 Å². The number of ether oxygens (including phenoxy) is 1. The number of esters is 1. The molecule has 0 aliphatic carbocycles. The van der Waals surface area contributed by atoms with Gasteiger partial charge in [-0.2, -0.15) is 0 Å². The minimum absolute atomic E-state index is 0.115. The molecule has 1 atom stereocenters. The predicted octanol–water partition coefficient (Wildman–Crippen LogP) is 4.31. The normalized spacial score (nSPS) is 16.4. The molecule has 3 rings (SSSR count). The monoisotopic (exact) mass is 464 g/mol. The second-order valence-electron chi connectivity index (χ2n) is 7.39. The van der Waals surface area contributed by atoms with Crippen LogP contribution < -0.4 is 0 Å². The highest BCUT2D eigenvalue weighted by Crippen LogP contribution is 2.27. The maximum Gasteiger partial charge on any atom is 0.336 e. The molecule has 164 valence electrons. The third-order valence-corrected chi connectivity index (χ3v) is 5.75. The Hall–Kier alpha value is -2.77. The van der Waals surface area contributed by atoms with Gasteiger partial charge in [0.1, 0.15) is 0 Å². The van der Waals surface area contributed by atoms with Crippen LogP contribution in [0.5, 0.6) is 0 Å². The largest absolute Gasteiger partial charge is 0.478 e. The fraction of sp³-hybridized carbons (Fsp3) is 0.318. The molecule has 2 aromatic rings. The summed E-state index contributed by atoms with van der Waals surface area (Å²) < 4.78 is 4.80. The number of benzene rings is 2. The van der Waals surface area contributed by atoms with Crippen LogP contribution >= 0.6 is 23.2 Å². The Labute approximate surface area is 190 Å². The maximum absolute atomic E-state index is 13.2. The van der Waals surface area contributed by atoms with Crippen molar-refractivity contribution in [3.05, 3.63) is 69.2 Å². The first-order valence-electron chi connectivity index (χ1n) is 9.64. The molecule has 0 saturated carbocycles. The van der Waals surface area contributed by atoms with Gasteiger partial charge in [0.25, 0.3) is 0 Å². The number of amides is 2. The number of urea groups is 1. The SMILES string of the molecule is COC(=O)CC1CN(Cc2ccc(Cl)cc2Cl)C(=O)N(Cc2ccccc2C(=O)O)C1. The van der Waals surface area contributed by atoms with Gasteiger partial charge in [0, 0.05) is 42.1 Å². The number of carbonyl (C=O) groups excluding carboxylic acids is 2. The molecule has 2 amide bonds. The Morgan fingerprint density at radius 3 is 2.32 bits per heavy atom. The third-order valence-electron chi connectivity index (χ3n) is 5.17. The van der Waals surface area contributed by atoms with Crippen molar-refractivity contribution in [2.45, 2.75) is 19.5 Å². The van der Waals surface area contributed by atoms with E-state index in [1.54, 1.807) is 46.2 Å². The van der Waals surface area contributed by atoms with Gasteiger partial charge in [0.2, 0.25) is 0 Å². The van der Waals surface area contributed by atoms with Crippen molar-refractivity contribution >= 4 is 41.2 Å². The topological polar surface area (TPSA) is 87.2 Å². The first-order chi connectivity index (χ1) is 14.8. The van der Waals surface area contributed by atoms with Gasteiger partial charge in [0.05, 0.1) is 19.1 Å². The van der Waals surface area contributed by atoms with E-state index in [0.29, 0.717) is 28.7 Å². The third kappa shape index (κ3) is 5.68. The van der Waals surface area contributed by atoms with E-state index in [9.17, 15) is 19.5 Å². The van der Waals surface area contributed by atoms with Gasteiger partial charge in [-0.1, -0.05) is 47.5 Å². The fourth-order valence-electron chi connectivity index (χ4n) is 3.68. The number of hydrogen-bond acceptors (Lipinski definition) is 4. The summed E-state index contributed by atoms with van der Waals surface area (Å²) in [6.45, 7) is 1.02. The van der Waals surface area contributed by atoms with Crippen LogP contribution in [0.2, 0.25) is 10.0 Å². The summed E-state index contributed by atoms with van der Waals surface area (Å²) in [4.78, 5) is 39.8. The van der Waals surface area contributed by atoms with Crippen molar-refractivity contribution in [1.82, 2.24) is 9.80 Å². The zero-order chi connectivity index (χ0) is 22.5. The Kier molecular flexibility index (Phi) is 7.41. The Morgan fingerprint density at radius 1 is 1.06 bits per heavy atom. The number of halogens is 2. The van der Waals surface area contributed by atoms with E-state index in [2.05, 4.69) is 0 Å². The van der Waals surface area contributed by atoms with Gasteiger partial charge < -0.3 is 19.6 Å². The number of rotatable bonds is 7. The fourth-order valence-corrected chi connectivity index (χ4v) is 4.15. The lowest BCUT2D eigenvalue weighted by Crippen LogP contribution is -2.53. The molecule has 9 heteroatoms. The van der Waals surface area contributed by atoms with Crippen molar-refractivity contribution in [3.8, 4) is 0 Å². The summed E-state index contributed by atoms with van der Waals surface area (Å²) in [5.41, 5.74) is 1.38. The molecule has 1 aliphatic heterocycles. The zero-order valence-corrected chi connectivity index (χ0v) is 18.4. The molecule has 2 aromatic carbocycles. The highest BCUT2D eigenvalue weighted by atomic mass is 35.5. The molecule has 31 heavy (non-hydrogen) atoms. The van der Waals surface area contributed by atoms with E-state index in [1.807, 2.05) is 0 Å². The van der Waals surface area contributed by atoms with Gasteiger partial charge in [-0.3, -0.25) is 4.79 Å². The van der Waals surface area contributed by atoms with E-state index >= 15 is 0 Å². The number of carboxylic acid groups (broad SMARTS) is 1. The van der Waals surface area contributed by atoms with Gasteiger partial charge in [0.15, 0.2) is 0 Å². The molecule has 7 nitrogen and oxygen atoms in total. The van der Waals surface area contributed by atoms with E-state index in [1.165, 1.54) is 13.2 Å². The smallest absolute Gasteiger partial charge is 0.336 e. The molecule has 1 N–H and O–H groups in total. The Balaban J connectivity index is 1.86. The number of aromatic carboxylic acids is 1. The Morgan fingerprint density at radius 2 is 1.71 bits per heavy atom. The molecule has 1 saturated heterocycles. The van der Waals surface area contributed by atoms with Crippen molar-refractivity contribution in [2.75, 3.05) is 20.2 Å². The van der Waals surface area contributed by atoms with Gasteiger partial charge in [-0.15, -0.1) is 0 Å². The molecule has 1 heterocycles. The molecule has 1 aliphatic rings. The summed E-state index contributed by atoms with van der Waals surface area (Å²) >= 11 is 12.3. The molecular formula is C22H22Cl2N2O5. The predicted molar refractivity (Wildman–Crippen MR) is 116 cm³/mol. The molecule has 0 aromatic heterocycles.